The van der Waals surface area contributed by atoms with Crippen molar-refractivity contribution in [1.82, 2.24) is 29.9 Å². The zero-order valence-electron chi connectivity index (χ0n) is 20.1. The highest BCUT2D eigenvalue weighted by Gasteiger charge is 2.22. The third-order valence-electron chi connectivity index (χ3n) is 5.91. The molecule has 182 valence electrons. The van der Waals surface area contributed by atoms with E-state index in [1.165, 1.54) is 0 Å². The number of aryl methyl sites for hydroxylation is 1. The molecule has 3 aromatic heterocycles. The number of hydrogen-bond acceptors (Lipinski definition) is 10. The number of anilines is 4. The van der Waals surface area contributed by atoms with Gasteiger partial charge in [0.05, 0.1) is 0 Å². The molecule has 0 saturated carbocycles. The normalized spacial score (nSPS) is 13.5. The molecule has 10 heteroatoms. The number of benzene rings is 1. The fourth-order valence-corrected chi connectivity index (χ4v) is 3.99. The van der Waals surface area contributed by atoms with E-state index in [9.17, 15) is 4.79 Å². The Kier molecular flexibility index (Phi) is 7.02. The first-order chi connectivity index (χ1) is 17.7. The van der Waals surface area contributed by atoms with E-state index in [1.54, 1.807) is 30.7 Å². The number of pyridine rings is 1. The van der Waals surface area contributed by atoms with Gasteiger partial charge in [0.25, 0.3) is 0 Å². The largest absolute Gasteiger partial charge is 0.337 e. The first-order valence-electron chi connectivity index (χ1n) is 12.0. The average Bonchev–Trinajstić information content (AvgIpc) is 2.94. The average molecular weight is 482 g/mol. The maximum atomic E-state index is 12.8. The minimum absolute atomic E-state index is 0.0255. The van der Waals surface area contributed by atoms with Gasteiger partial charge in [0.15, 0.2) is 5.78 Å². The Morgan fingerprint density at radius 1 is 0.833 bits per heavy atom. The summed E-state index contributed by atoms with van der Waals surface area (Å²) in [5.41, 5.74) is 1.56. The van der Waals surface area contributed by atoms with Gasteiger partial charge in [-0.3, -0.25) is 4.79 Å². The summed E-state index contributed by atoms with van der Waals surface area (Å²) in [7, 11) is 0. The number of rotatable bonds is 8. The molecule has 1 saturated heterocycles. The Bertz CT molecular complexity index is 1310. The second kappa shape index (κ2) is 10.9. The number of aromatic nitrogens is 6. The van der Waals surface area contributed by atoms with Gasteiger partial charge in [-0.2, -0.15) is 15.0 Å². The van der Waals surface area contributed by atoms with Crippen LogP contribution in [-0.4, -0.2) is 61.9 Å². The molecule has 0 amide bonds. The lowest BCUT2D eigenvalue weighted by atomic mass is 10.0. The maximum absolute atomic E-state index is 12.8. The number of carbonyl (C=O) groups excluding carboxylic acids is 1. The standard InChI is InChI=1S/C26H27N9O/c1-2-22-30-24(31-23-18-20(9-12-27-23)21(36)17-19-7-4-3-5-8-19)33-26(32-22)35-15-13-34(14-16-35)25-28-10-6-11-29-25/h3-12,18H,2,13-17H2,1H3,(H,27,30,31,32,33). The summed E-state index contributed by atoms with van der Waals surface area (Å²) in [6, 6.07) is 15.0. The molecule has 1 aromatic carbocycles. The minimum atomic E-state index is 0.0255. The minimum Gasteiger partial charge on any atom is -0.337 e. The molecule has 10 nitrogen and oxygen atoms in total. The molecule has 0 radical (unpaired) electrons. The lowest BCUT2D eigenvalue weighted by molar-refractivity contribution is 0.0993. The van der Waals surface area contributed by atoms with Crippen molar-refractivity contribution in [1.29, 1.82) is 0 Å². The molecule has 0 spiro atoms. The maximum Gasteiger partial charge on any atom is 0.233 e. The second-order valence-corrected chi connectivity index (χ2v) is 8.39. The summed E-state index contributed by atoms with van der Waals surface area (Å²) < 4.78 is 0. The summed E-state index contributed by atoms with van der Waals surface area (Å²) >= 11 is 0. The van der Waals surface area contributed by atoms with Crippen LogP contribution in [0.5, 0.6) is 0 Å². The van der Waals surface area contributed by atoms with Gasteiger partial charge in [-0.15, -0.1) is 0 Å². The van der Waals surface area contributed by atoms with E-state index in [4.69, 9.17) is 0 Å². The quantitative estimate of drug-likeness (QED) is 0.377. The molecule has 0 atom stereocenters. The second-order valence-electron chi connectivity index (χ2n) is 8.39. The van der Waals surface area contributed by atoms with E-state index in [1.807, 2.05) is 43.3 Å². The van der Waals surface area contributed by atoms with Crippen LogP contribution in [0.25, 0.3) is 0 Å². The molecular weight excluding hydrogens is 454 g/mol. The third kappa shape index (κ3) is 5.60. The topological polar surface area (TPSA) is 113 Å². The summed E-state index contributed by atoms with van der Waals surface area (Å²) in [5, 5.41) is 3.17. The molecular formula is C26H27N9O. The first-order valence-corrected chi connectivity index (χ1v) is 12.0. The number of Topliss-reactive ketones (excluding diaryl/α,β-unsaturated/α-hetero) is 1. The Hall–Kier alpha value is -4.47. The van der Waals surface area contributed by atoms with E-state index < -0.39 is 0 Å². The zero-order chi connectivity index (χ0) is 24.7. The number of ketones is 1. The van der Waals surface area contributed by atoms with Gasteiger partial charge >= 0.3 is 0 Å². The van der Waals surface area contributed by atoms with E-state index in [0.29, 0.717) is 41.9 Å². The fraction of sp³-hybridized carbons (Fsp3) is 0.269. The molecule has 5 rings (SSSR count). The smallest absolute Gasteiger partial charge is 0.233 e. The van der Waals surface area contributed by atoms with Crippen molar-refractivity contribution in [3.63, 3.8) is 0 Å². The molecule has 1 N–H and O–H groups in total. The van der Waals surface area contributed by atoms with Crippen molar-refractivity contribution in [3.05, 3.63) is 84.1 Å². The molecule has 4 heterocycles. The third-order valence-corrected chi connectivity index (χ3v) is 5.91. The Morgan fingerprint density at radius 3 is 2.28 bits per heavy atom. The van der Waals surface area contributed by atoms with Crippen molar-refractivity contribution < 1.29 is 4.79 Å². The highest BCUT2D eigenvalue weighted by Crippen LogP contribution is 2.19. The molecule has 0 bridgehead atoms. The van der Waals surface area contributed by atoms with Gasteiger partial charge in [-0.05, 0) is 23.8 Å². The van der Waals surface area contributed by atoms with Gasteiger partial charge in [-0.25, -0.2) is 15.0 Å². The summed E-state index contributed by atoms with van der Waals surface area (Å²) in [5.74, 6) is 2.99. The van der Waals surface area contributed by atoms with Crippen LogP contribution in [0.1, 0.15) is 28.7 Å². The zero-order valence-corrected chi connectivity index (χ0v) is 20.1. The number of nitrogens with one attached hydrogen (secondary N) is 1. The number of piperazine rings is 1. The highest BCUT2D eigenvalue weighted by atomic mass is 16.1. The van der Waals surface area contributed by atoms with Crippen molar-refractivity contribution in [2.24, 2.45) is 0 Å². The fourth-order valence-electron chi connectivity index (χ4n) is 3.99. The van der Waals surface area contributed by atoms with Gasteiger partial charge in [0, 0.05) is 63.2 Å². The van der Waals surface area contributed by atoms with Gasteiger partial charge < -0.3 is 15.1 Å². The van der Waals surface area contributed by atoms with Gasteiger partial charge in [-0.1, -0.05) is 37.3 Å². The van der Waals surface area contributed by atoms with Crippen LogP contribution < -0.4 is 15.1 Å². The summed E-state index contributed by atoms with van der Waals surface area (Å²) in [6.07, 6.45) is 6.13. The molecule has 0 aliphatic carbocycles. The van der Waals surface area contributed by atoms with Crippen LogP contribution in [0, 0.1) is 0 Å². The predicted octanol–water partition coefficient (Wildman–Crippen LogP) is 3.11. The van der Waals surface area contributed by atoms with Crippen LogP contribution in [0.3, 0.4) is 0 Å². The number of hydrogen-bond donors (Lipinski definition) is 1. The molecule has 36 heavy (non-hydrogen) atoms. The van der Waals surface area contributed by atoms with Gasteiger partial charge in [0.2, 0.25) is 17.8 Å². The van der Waals surface area contributed by atoms with Crippen molar-refractivity contribution in [3.8, 4) is 0 Å². The van der Waals surface area contributed by atoms with Crippen LogP contribution in [-0.2, 0) is 12.8 Å². The summed E-state index contributed by atoms with van der Waals surface area (Å²) in [4.78, 5) is 44.0. The van der Waals surface area contributed by atoms with Gasteiger partial charge in [0.1, 0.15) is 11.6 Å². The predicted molar refractivity (Wildman–Crippen MR) is 138 cm³/mol. The number of nitrogens with zero attached hydrogens (tertiary/aromatic N) is 8. The van der Waals surface area contributed by atoms with Crippen LogP contribution in [0.15, 0.2) is 67.1 Å². The van der Waals surface area contributed by atoms with E-state index in [-0.39, 0.29) is 5.78 Å². The van der Waals surface area contributed by atoms with Crippen molar-refractivity contribution in [2.75, 3.05) is 41.3 Å². The molecule has 1 aliphatic rings. The molecule has 1 aliphatic heterocycles. The lowest BCUT2D eigenvalue weighted by Crippen LogP contribution is -2.47. The first kappa shape index (κ1) is 23.3. The monoisotopic (exact) mass is 481 g/mol. The Morgan fingerprint density at radius 2 is 1.56 bits per heavy atom. The Labute approximate surface area is 209 Å². The van der Waals surface area contributed by atoms with E-state index in [0.717, 1.165) is 37.7 Å². The van der Waals surface area contributed by atoms with E-state index in [2.05, 4.69) is 45.0 Å². The van der Waals surface area contributed by atoms with Crippen LogP contribution in [0.2, 0.25) is 0 Å². The Balaban J connectivity index is 1.29. The molecule has 1 fully saturated rings. The summed E-state index contributed by atoms with van der Waals surface area (Å²) in [6.45, 7) is 5.04. The van der Waals surface area contributed by atoms with E-state index >= 15 is 0 Å². The van der Waals surface area contributed by atoms with Crippen molar-refractivity contribution >= 4 is 29.4 Å². The van der Waals surface area contributed by atoms with Crippen LogP contribution in [0.4, 0.5) is 23.7 Å². The van der Waals surface area contributed by atoms with Crippen LogP contribution >= 0.6 is 0 Å². The molecule has 0 unspecified atom stereocenters. The highest BCUT2D eigenvalue weighted by molar-refractivity contribution is 5.98. The number of carbonyl (C=O) groups is 1. The SMILES string of the molecule is CCc1nc(Nc2cc(C(=O)Cc3ccccc3)ccn2)nc(N2CCN(c3ncccn3)CC2)n1. The molecule has 4 aromatic rings. The van der Waals surface area contributed by atoms with Crippen molar-refractivity contribution in [2.45, 2.75) is 19.8 Å². The lowest BCUT2D eigenvalue weighted by Gasteiger charge is -2.34.